The van der Waals surface area contributed by atoms with E-state index in [9.17, 15) is 4.79 Å². The first-order valence-electron chi connectivity index (χ1n) is 13.8. The second kappa shape index (κ2) is 12.9. The van der Waals surface area contributed by atoms with Crippen LogP contribution in [0, 0.1) is 6.92 Å². The second-order valence-electron chi connectivity index (χ2n) is 10.7. The normalized spacial score (nSPS) is 17.1. The molecule has 8 heteroatoms. The van der Waals surface area contributed by atoms with Crippen LogP contribution in [0.5, 0.6) is 0 Å². The van der Waals surface area contributed by atoms with Crippen molar-refractivity contribution in [3.05, 3.63) is 82.8 Å². The number of thioether (sulfide) groups is 1. The highest BCUT2D eigenvalue weighted by atomic mass is 32.2. The Balaban J connectivity index is 1.74. The first-order chi connectivity index (χ1) is 19.1. The van der Waals surface area contributed by atoms with Crippen molar-refractivity contribution in [3.8, 4) is 5.69 Å². The van der Waals surface area contributed by atoms with Gasteiger partial charge in [-0.25, -0.2) is 14.5 Å². The van der Waals surface area contributed by atoms with Gasteiger partial charge in [-0.3, -0.25) is 0 Å². The van der Waals surface area contributed by atoms with Gasteiger partial charge < -0.3 is 14.8 Å². The van der Waals surface area contributed by atoms with E-state index in [1.807, 2.05) is 29.4 Å². The van der Waals surface area contributed by atoms with Gasteiger partial charge in [-0.15, -0.1) is 11.8 Å². The number of cyclic esters (lactones) is 2. The van der Waals surface area contributed by atoms with Crippen molar-refractivity contribution in [1.82, 2.24) is 20.1 Å². The fraction of sp³-hybridized carbons (Fsp3) is 0.406. The summed E-state index contributed by atoms with van der Waals surface area (Å²) in [6.45, 7) is 13.1. The zero-order valence-corrected chi connectivity index (χ0v) is 25.3. The first kappa shape index (κ1) is 29.6. The maximum Gasteiger partial charge on any atom is 0.508 e. The number of aromatic nitrogens is 3. The van der Waals surface area contributed by atoms with Crippen LogP contribution in [0.4, 0.5) is 4.79 Å². The minimum atomic E-state index is -0.608. The van der Waals surface area contributed by atoms with Gasteiger partial charge in [0.2, 0.25) is 0 Å². The first-order valence-corrected chi connectivity index (χ1v) is 15.0. The highest BCUT2D eigenvalue weighted by Gasteiger charge is 2.34. The molecule has 3 aromatic rings. The minimum absolute atomic E-state index is 0.109. The summed E-state index contributed by atoms with van der Waals surface area (Å²) < 4.78 is 12.6. The van der Waals surface area contributed by atoms with Crippen molar-refractivity contribution in [3.63, 3.8) is 0 Å². The van der Waals surface area contributed by atoms with E-state index in [0.717, 1.165) is 39.5 Å². The van der Waals surface area contributed by atoms with Gasteiger partial charge in [-0.05, 0) is 88.8 Å². The molecule has 0 saturated carbocycles. The molecule has 1 aromatic carbocycles. The number of benzene rings is 1. The number of carbonyl (C=O) groups is 1. The maximum absolute atomic E-state index is 11.7. The molecule has 4 rings (SSSR count). The Morgan fingerprint density at radius 1 is 1.27 bits per heavy atom. The molecule has 1 saturated heterocycles. The van der Waals surface area contributed by atoms with E-state index in [0.29, 0.717) is 6.42 Å². The zero-order valence-electron chi connectivity index (χ0n) is 24.5. The van der Waals surface area contributed by atoms with Crippen molar-refractivity contribution in [2.45, 2.75) is 77.1 Å². The second-order valence-corrected chi connectivity index (χ2v) is 11.6. The molecule has 0 bridgehead atoms. The molecule has 1 aliphatic rings. The van der Waals surface area contributed by atoms with Crippen molar-refractivity contribution in [1.29, 1.82) is 0 Å². The van der Waals surface area contributed by atoms with E-state index in [4.69, 9.17) is 14.6 Å². The SMILES string of the molecule is C/C=C(\c1cnn(-c2ccc(C)cc2)c1/C=C(\C)CC)C(C)(C)NC(CC1COC(=O)O1)c1ccnc(SC)c1. The molecule has 2 unspecified atom stereocenters. The summed E-state index contributed by atoms with van der Waals surface area (Å²) in [5.41, 5.74) is 7.39. The van der Waals surface area contributed by atoms with Crippen molar-refractivity contribution < 1.29 is 14.3 Å². The third-order valence-corrected chi connectivity index (χ3v) is 7.97. The summed E-state index contributed by atoms with van der Waals surface area (Å²) in [5.74, 6) is 0. The maximum atomic E-state index is 11.7. The smallest absolute Gasteiger partial charge is 0.430 e. The molecule has 2 atom stereocenters. The van der Waals surface area contributed by atoms with Crippen molar-refractivity contribution in [2.24, 2.45) is 0 Å². The Morgan fingerprint density at radius 2 is 2.02 bits per heavy atom. The van der Waals surface area contributed by atoms with Crippen LogP contribution < -0.4 is 5.32 Å². The summed E-state index contributed by atoms with van der Waals surface area (Å²) >= 11 is 1.60. The van der Waals surface area contributed by atoms with Crippen LogP contribution in [0.1, 0.15) is 75.9 Å². The Bertz CT molecular complexity index is 1390. The number of pyridine rings is 1. The van der Waals surface area contributed by atoms with Crippen LogP contribution in [0.3, 0.4) is 0 Å². The van der Waals surface area contributed by atoms with E-state index in [1.165, 1.54) is 11.1 Å². The molecule has 0 amide bonds. The molecule has 7 nitrogen and oxygen atoms in total. The van der Waals surface area contributed by atoms with E-state index in [1.54, 1.807) is 11.8 Å². The summed E-state index contributed by atoms with van der Waals surface area (Å²) in [6, 6.07) is 12.5. The van der Waals surface area contributed by atoms with Gasteiger partial charge in [0.05, 0.1) is 22.6 Å². The van der Waals surface area contributed by atoms with Crippen LogP contribution >= 0.6 is 11.8 Å². The number of aryl methyl sites for hydroxylation is 1. The number of hydrogen-bond acceptors (Lipinski definition) is 7. The summed E-state index contributed by atoms with van der Waals surface area (Å²) in [4.78, 5) is 16.1. The largest absolute Gasteiger partial charge is 0.508 e. The highest BCUT2D eigenvalue weighted by molar-refractivity contribution is 7.98. The van der Waals surface area contributed by atoms with Crippen molar-refractivity contribution >= 4 is 29.6 Å². The predicted molar refractivity (Wildman–Crippen MR) is 163 cm³/mol. The average Bonchev–Trinajstić information content (AvgIpc) is 3.54. The monoisotopic (exact) mass is 560 g/mol. The lowest BCUT2D eigenvalue weighted by Crippen LogP contribution is -2.44. The van der Waals surface area contributed by atoms with Gasteiger partial charge in [0.1, 0.15) is 12.7 Å². The van der Waals surface area contributed by atoms with Gasteiger partial charge in [0.25, 0.3) is 0 Å². The van der Waals surface area contributed by atoms with E-state index < -0.39 is 11.7 Å². The summed E-state index contributed by atoms with van der Waals surface area (Å²) in [5, 5.41) is 9.69. The quantitative estimate of drug-likeness (QED) is 0.192. The summed E-state index contributed by atoms with van der Waals surface area (Å²) in [6.07, 6.45) is 10.8. The number of rotatable bonds is 11. The van der Waals surface area contributed by atoms with Gasteiger partial charge in [0.15, 0.2) is 0 Å². The van der Waals surface area contributed by atoms with Gasteiger partial charge in [-0.1, -0.05) is 36.3 Å². The molecular formula is C32H40N4O3S. The molecule has 1 fully saturated rings. The standard InChI is InChI=1S/C32H40N4O3S/c1-8-21(3)16-29-26(19-34-36(29)24-12-10-22(4)11-13-24)27(9-2)32(5,6)35-28(18-25-20-38-31(37)39-25)23-14-15-33-30(17-23)40-7/h9-17,19,25,28,35H,8,18,20H2,1-7H3/b21-16+,27-9+. The minimum Gasteiger partial charge on any atom is -0.430 e. The Labute approximate surface area is 242 Å². The predicted octanol–water partition coefficient (Wildman–Crippen LogP) is 7.55. The molecule has 1 N–H and O–H groups in total. The number of ether oxygens (including phenoxy) is 2. The van der Waals surface area contributed by atoms with Crippen LogP contribution in [0.25, 0.3) is 17.3 Å². The lowest BCUT2D eigenvalue weighted by atomic mass is 9.85. The molecule has 3 heterocycles. The fourth-order valence-corrected chi connectivity index (χ4v) is 5.49. The van der Waals surface area contributed by atoms with Crippen LogP contribution in [0.2, 0.25) is 0 Å². The number of allylic oxidation sites excluding steroid dienone is 2. The number of nitrogens with one attached hydrogen (secondary N) is 1. The Morgan fingerprint density at radius 3 is 2.65 bits per heavy atom. The molecule has 0 spiro atoms. The van der Waals surface area contributed by atoms with E-state index in [2.05, 4.69) is 94.3 Å². The number of carbonyl (C=O) groups excluding carboxylic acids is 1. The molecule has 0 radical (unpaired) electrons. The van der Waals surface area contributed by atoms with Crippen LogP contribution in [0.15, 0.2) is 65.5 Å². The number of nitrogens with zero attached hydrogens (tertiary/aromatic N) is 3. The molecule has 0 aliphatic carbocycles. The van der Waals surface area contributed by atoms with Gasteiger partial charge in [-0.2, -0.15) is 5.10 Å². The van der Waals surface area contributed by atoms with Crippen molar-refractivity contribution in [2.75, 3.05) is 12.9 Å². The third kappa shape index (κ3) is 6.85. The third-order valence-electron chi connectivity index (χ3n) is 7.33. The highest BCUT2D eigenvalue weighted by Crippen LogP contribution is 2.35. The Kier molecular flexibility index (Phi) is 9.53. The molecule has 1 aliphatic heterocycles. The number of hydrogen-bond donors (Lipinski definition) is 1. The lowest BCUT2D eigenvalue weighted by molar-refractivity contribution is 0.112. The molecule has 212 valence electrons. The lowest BCUT2D eigenvalue weighted by Gasteiger charge is -2.35. The molecule has 2 aromatic heterocycles. The van der Waals surface area contributed by atoms with Gasteiger partial charge >= 0.3 is 6.16 Å². The average molecular weight is 561 g/mol. The van der Waals surface area contributed by atoms with Crippen LogP contribution in [-0.4, -0.2) is 45.4 Å². The molecular weight excluding hydrogens is 520 g/mol. The zero-order chi connectivity index (χ0) is 28.9. The van der Waals surface area contributed by atoms with Gasteiger partial charge in [0, 0.05) is 29.8 Å². The topological polar surface area (TPSA) is 78.3 Å². The fourth-order valence-electron chi connectivity index (χ4n) is 5.07. The van der Waals surface area contributed by atoms with Crippen LogP contribution in [-0.2, 0) is 9.47 Å². The van der Waals surface area contributed by atoms with E-state index >= 15 is 0 Å². The molecule has 40 heavy (non-hydrogen) atoms. The summed E-state index contributed by atoms with van der Waals surface area (Å²) in [7, 11) is 0. The van der Waals surface area contributed by atoms with E-state index in [-0.39, 0.29) is 18.8 Å². The Hall–Kier alpha value is -3.36.